The number of amides is 2. The molecule has 2 amide bonds. The van der Waals surface area contributed by atoms with Gasteiger partial charge in [0.1, 0.15) is 0 Å². The number of benzene rings is 3. The number of carbonyl (C=O) groups excluding carboxylic acids is 3. The molecule has 1 heterocycles. The summed E-state index contributed by atoms with van der Waals surface area (Å²) in [7, 11) is 0. The second-order valence-electron chi connectivity index (χ2n) is 10.9. The van der Waals surface area contributed by atoms with E-state index < -0.39 is 23.7 Å². The molecule has 0 unspecified atom stereocenters. The average Bonchev–Trinajstić information content (AvgIpc) is 3.13. The Morgan fingerprint density at radius 1 is 0.854 bits per heavy atom. The molecular formula is C36H33NO4. The Morgan fingerprint density at radius 3 is 2.10 bits per heavy atom. The van der Waals surface area contributed by atoms with E-state index in [-0.39, 0.29) is 18.4 Å². The standard InChI is InChI=1S/C36H33NO4/c1-3-41-30(38)22-26-19-20-28(24-13-7-4-8-14-24)32(25-15-9-5-10-16-25)31-23(2)21-29-34(33(26)31)36(40)37(35(29)39)27-17-11-6-12-18-27/h4-18,22,29,33-34H,3,19-21H2,1-2H3/b26-22+/t29-,33+,34-/m1/s1. The minimum Gasteiger partial charge on any atom is -0.463 e. The summed E-state index contributed by atoms with van der Waals surface area (Å²) >= 11 is 0. The van der Waals surface area contributed by atoms with Crippen LogP contribution in [0.15, 0.2) is 114 Å². The molecule has 1 saturated heterocycles. The van der Waals surface area contributed by atoms with Gasteiger partial charge in [0.25, 0.3) is 0 Å². The number of anilines is 1. The molecule has 3 aromatic rings. The van der Waals surface area contributed by atoms with Crippen LogP contribution in [0.1, 0.15) is 44.2 Å². The van der Waals surface area contributed by atoms with Gasteiger partial charge >= 0.3 is 5.97 Å². The van der Waals surface area contributed by atoms with Crippen LogP contribution in [0.4, 0.5) is 5.69 Å². The predicted molar refractivity (Wildman–Crippen MR) is 160 cm³/mol. The fourth-order valence-corrected chi connectivity index (χ4v) is 6.91. The monoisotopic (exact) mass is 543 g/mol. The van der Waals surface area contributed by atoms with E-state index in [0.717, 1.165) is 33.4 Å². The first-order chi connectivity index (χ1) is 20.0. The Balaban J connectivity index is 1.60. The third-order valence-electron chi connectivity index (χ3n) is 8.56. The Morgan fingerprint density at radius 2 is 1.46 bits per heavy atom. The van der Waals surface area contributed by atoms with E-state index in [1.54, 1.807) is 25.1 Å². The predicted octanol–water partition coefficient (Wildman–Crippen LogP) is 7.02. The number of hydrogen-bond donors (Lipinski definition) is 0. The van der Waals surface area contributed by atoms with Gasteiger partial charge in [0.2, 0.25) is 11.8 Å². The van der Waals surface area contributed by atoms with Crippen molar-refractivity contribution in [1.29, 1.82) is 0 Å². The molecule has 2 aliphatic carbocycles. The molecule has 206 valence electrons. The van der Waals surface area contributed by atoms with Crippen molar-refractivity contribution < 1.29 is 19.1 Å². The highest BCUT2D eigenvalue weighted by atomic mass is 16.5. The van der Waals surface area contributed by atoms with E-state index in [4.69, 9.17) is 4.74 Å². The summed E-state index contributed by atoms with van der Waals surface area (Å²) in [4.78, 5) is 42.5. The van der Waals surface area contributed by atoms with Gasteiger partial charge in [-0.1, -0.05) is 90.0 Å². The van der Waals surface area contributed by atoms with Crippen molar-refractivity contribution in [3.63, 3.8) is 0 Å². The van der Waals surface area contributed by atoms with Crippen molar-refractivity contribution in [3.8, 4) is 0 Å². The molecule has 1 aliphatic heterocycles. The zero-order valence-electron chi connectivity index (χ0n) is 23.4. The molecule has 5 heteroatoms. The molecule has 0 bridgehead atoms. The summed E-state index contributed by atoms with van der Waals surface area (Å²) in [6.07, 6.45) is 3.35. The molecule has 5 nitrogen and oxygen atoms in total. The minimum absolute atomic E-state index is 0.169. The van der Waals surface area contributed by atoms with Gasteiger partial charge in [-0.25, -0.2) is 4.79 Å². The second-order valence-corrected chi connectivity index (χ2v) is 10.9. The third kappa shape index (κ3) is 4.76. The third-order valence-corrected chi connectivity index (χ3v) is 8.56. The summed E-state index contributed by atoms with van der Waals surface area (Å²) in [5.74, 6) is -2.29. The number of para-hydroxylation sites is 1. The van der Waals surface area contributed by atoms with E-state index in [2.05, 4.69) is 31.2 Å². The smallest absolute Gasteiger partial charge is 0.330 e. The van der Waals surface area contributed by atoms with Crippen LogP contribution in [0.3, 0.4) is 0 Å². The van der Waals surface area contributed by atoms with Gasteiger partial charge in [-0.15, -0.1) is 0 Å². The molecule has 41 heavy (non-hydrogen) atoms. The van der Waals surface area contributed by atoms with Gasteiger partial charge < -0.3 is 4.74 Å². The zero-order chi connectivity index (χ0) is 28.5. The van der Waals surface area contributed by atoms with Crippen LogP contribution in [0.25, 0.3) is 11.1 Å². The molecule has 0 radical (unpaired) electrons. The number of esters is 1. The Bertz CT molecular complexity index is 1580. The lowest BCUT2D eigenvalue weighted by Gasteiger charge is -2.36. The SMILES string of the molecule is CCOC(=O)/C=C1\CCC(c2ccccc2)=C(c2ccccc2)C2=C(C)C[C@H]3C(=O)N(c4ccccc4)C(=O)[C@H]3[C@H]21. The first-order valence-corrected chi connectivity index (χ1v) is 14.3. The Kier molecular flexibility index (Phi) is 7.27. The first kappa shape index (κ1) is 26.7. The molecule has 6 rings (SSSR count). The van der Waals surface area contributed by atoms with Crippen molar-refractivity contribution in [3.05, 3.63) is 125 Å². The van der Waals surface area contributed by atoms with Crippen LogP contribution in [-0.2, 0) is 19.1 Å². The number of carbonyl (C=O) groups is 3. The molecule has 0 spiro atoms. The lowest BCUT2D eigenvalue weighted by molar-refractivity contribution is -0.137. The maximum Gasteiger partial charge on any atom is 0.330 e. The molecule has 1 fully saturated rings. The Hall–Kier alpha value is -4.51. The first-order valence-electron chi connectivity index (χ1n) is 14.3. The maximum absolute atomic E-state index is 14.3. The molecule has 0 saturated carbocycles. The number of rotatable bonds is 5. The van der Waals surface area contributed by atoms with E-state index in [1.807, 2.05) is 54.6 Å². The van der Waals surface area contributed by atoms with Crippen molar-refractivity contribution in [1.82, 2.24) is 0 Å². The summed E-state index contributed by atoms with van der Waals surface area (Å²) in [6, 6.07) is 29.8. The normalized spacial score (nSPS) is 23.4. The van der Waals surface area contributed by atoms with Crippen molar-refractivity contribution in [2.45, 2.75) is 33.1 Å². The quantitative estimate of drug-likeness (QED) is 0.197. The van der Waals surface area contributed by atoms with Crippen LogP contribution in [-0.4, -0.2) is 24.4 Å². The summed E-state index contributed by atoms with van der Waals surface area (Å²) in [5.41, 5.74) is 8.04. The van der Waals surface area contributed by atoms with E-state index in [9.17, 15) is 14.4 Å². The maximum atomic E-state index is 14.3. The van der Waals surface area contributed by atoms with Crippen molar-refractivity contribution in [2.75, 3.05) is 11.5 Å². The van der Waals surface area contributed by atoms with Gasteiger partial charge in [0, 0.05) is 12.0 Å². The molecule has 3 aromatic carbocycles. The lowest BCUT2D eigenvalue weighted by Crippen LogP contribution is -2.35. The van der Waals surface area contributed by atoms with Crippen LogP contribution in [0.2, 0.25) is 0 Å². The summed E-state index contributed by atoms with van der Waals surface area (Å²) in [6.45, 7) is 4.14. The highest BCUT2D eigenvalue weighted by molar-refractivity contribution is 6.23. The summed E-state index contributed by atoms with van der Waals surface area (Å²) < 4.78 is 5.36. The fraction of sp³-hybridized carbons (Fsp3) is 0.250. The topological polar surface area (TPSA) is 63.7 Å². The lowest BCUT2D eigenvalue weighted by atomic mass is 9.65. The highest BCUT2D eigenvalue weighted by Crippen LogP contribution is 2.56. The zero-order valence-corrected chi connectivity index (χ0v) is 23.4. The van der Waals surface area contributed by atoms with Crippen molar-refractivity contribution in [2.24, 2.45) is 17.8 Å². The molecule has 3 aliphatic rings. The Labute approximate surface area is 240 Å². The van der Waals surface area contributed by atoms with E-state index in [0.29, 0.717) is 24.9 Å². The molecule has 3 atom stereocenters. The van der Waals surface area contributed by atoms with Crippen LogP contribution >= 0.6 is 0 Å². The molecular weight excluding hydrogens is 510 g/mol. The number of hydrogen-bond acceptors (Lipinski definition) is 4. The number of nitrogens with zero attached hydrogens (tertiary/aromatic N) is 1. The molecule has 0 aromatic heterocycles. The summed E-state index contributed by atoms with van der Waals surface area (Å²) in [5, 5.41) is 0. The van der Waals surface area contributed by atoms with Crippen molar-refractivity contribution >= 4 is 34.6 Å². The number of fused-ring (bicyclic) bond motifs is 3. The van der Waals surface area contributed by atoms with E-state index in [1.165, 1.54) is 10.5 Å². The van der Waals surface area contributed by atoms with E-state index >= 15 is 0 Å². The fourth-order valence-electron chi connectivity index (χ4n) is 6.91. The van der Waals surface area contributed by atoms with Gasteiger partial charge in [-0.3, -0.25) is 14.5 Å². The van der Waals surface area contributed by atoms with Crippen LogP contribution < -0.4 is 4.90 Å². The highest BCUT2D eigenvalue weighted by Gasteiger charge is 2.56. The van der Waals surface area contributed by atoms with Crippen LogP contribution in [0, 0.1) is 17.8 Å². The van der Waals surface area contributed by atoms with Gasteiger partial charge in [0.05, 0.1) is 24.1 Å². The number of imide groups is 1. The average molecular weight is 544 g/mol. The largest absolute Gasteiger partial charge is 0.463 e. The minimum atomic E-state index is -0.601. The van der Waals surface area contributed by atoms with Gasteiger partial charge in [-0.2, -0.15) is 0 Å². The second kappa shape index (κ2) is 11.2. The van der Waals surface area contributed by atoms with Gasteiger partial charge in [0.15, 0.2) is 0 Å². The van der Waals surface area contributed by atoms with Crippen LogP contribution in [0.5, 0.6) is 0 Å². The number of allylic oxidation sites excluding steroid dienone is 5. The number of ether oxygens (including phenoxy) is 1. The van der Waals surface area contributed by atoms with Gasteiger partial charge in [-0.05, 0) is 73.1 Å². The molecule has 0 N–H and O–H groups in total.